The van der Waals surface area contributed by atoms with Gasteiger partial charge in [-0.2, -0.15) is 0 Å². The van der Waals surface area contributed by atoms with E-state index in [0.717, 1.165) is 12.1 Å². The second-order valence-electron chi connectivity index (χ2n) is 4.69. The third-order valence-corrected chi connectivity index (χ3v) is 2.51. The lowest BCUT2D eigenvalue weighted by molar-refractivity contribution is 0.233. The Kier molecular flexibility index (Phi) is 5.43. The van der Waals surface area contributed by atoms with Crippen molar-refractivity contribution in [1.29, 1.82) is 0 Å². The first-order valence-electron chi connectivity index (χ1n) is 5.91. The van der Waals surface area contributed by atoms with Crippen molar-refractivity contribution < 1.29 is 5.11 Å². The van der Waals surface area contributed by atoms with E-state index < -0.39 is 0 Å². The first-order chi connectivity index (χ1) is 7.63. The highest BCUT2D eigenvalue weighted by molar-refractivity contribution is 5.09. The van der Waals surface area contributed by atoms with Gasteiger partial charge in [0.2, 0.25) is 0 Å². The molecular formula is C13H22N2O. The molecule has 0 saturated carbocycles. The van der Waals surface area contributed by atoms with Gasteiger partial charge < -0.3 is 10.4 Å². The van der Waals surface area contributed by atoms with Crippen LogP contribution < -0.4 is 5.32 Å². The lowest BCUT2D eigenvalue weighted by Crippen LogP contribution is -2.34. The maximum atomic E-state index is 9.08. The summed E-state index contributed by atoms with van der Waals surface area (Å²) in [6.07, 6.45) is 2.84. The summed E-state index contributed by atoms with van der Waals surface area (Å²) in [6.45, 7) is 6.53. The Bertz CT molecular complexity index is 287. The fourth-order valence-electron chi connectivity index (χ4n) is 1.72. The summed E-state index contributed by atoms with van der Waals surface area (Å²) in [7, 11) is 0. The number of nitrogens with zero attached hydrogens (tertiary/aromatic N) is 1. The Morgan fingerprint density at radius 3 is 2.56 bits per heavy atom. The molecular weight excluding hydrogens is 200 g/mol. The van der Waals surface area contributed by atoms with Crippen molar-refractivity contribution in [2.24, 2.45) is 5.92 Å². The number of hydrogen-bond acceptors (Lipinski definition) is 3. The molecule has 90 valence electrons. The maximum absolute atomic E-state index is 9.08. The molecule has 0 aliphatic heterocycles. The van der Waals surface area contributed by atoms with Gasteiger partial charge in [0.25, 0.3) is 0 Å². The van der Waals surface area contributed by atoms with Crippen LogP contribution >= 0.6 is 0 Å². The second kappa shape index (κ2) is 6.61. The zero-order chi connectivity index (χ0) is 12.0. The molecule has 0 aliphatic rings. The quantitative estimate of drug-likeness (QED) is 0.775. The molecule has 0 bridgehead atoms. The fourth-order valence-corrected chi connectivity index (χ4v) is 1.72. The largest absolute Gasteiger partial charge is 0.395 e. The summed E-state index contributed by atoms with van der Waals surface area (Å²) in [5.74, 6) is 0.602. The fraction of sp³-hybridized carbons (Fsp3) is 0.615. The normalized spacial score (nSPS) is 15.1. The van der Waals surface area contributed by atoms with Crippen molar-refractivity contribution in [3.8, 4) is 0 Å². The van der Waals surface area contributed by atoms with Gasteiger partial charge in [-0.15, -0.1) is 0 Å². The van der Waals surface area contributed by atoms with E-state index in [2.05, 4.69) is 24.1 Å². The van der Waals surface area contributed by atoms with Crippen LogP contribution in [0.1, 0.15) is 38.9 Å². The van der Waals surface area contributed by atoms with E-state index >= 15 is 0 Å². The van der Waals surface area contributed by atoms with Crippen molar-refractivity contribution in [3.05, 3.63) is 30.1 Å². The minimum atomic E-state index is 0.103. The van der Waals surface area contributed by atoms with Gasteiger partial charge in [-0.05, 0) is 31.4 Å². The number of nitrogens with one attached hydrogen (secondary N) is 1. The number of aromatic nitrogens is 1. The van der Waals surface area contributed by atoms with Crippen LogP contribution in [0.4, 0.5) is 0 Å². The molecule has 1 rings (SSSR count). The van der Waals surface area contributed by atoms with Crippen molar-refractivity contribution in [2.75, 3.05) is 6.61 Å². The molecule has 0 spiro atoms. The Hall–Kier alpha value is -0.930. The van der Waals surface area contributed by atoms with Gasteiger partial charge in [0.05, 0.1) is 12.3 Å². The molecule has 2 atom stereocenters. The van der Waals surface area contributed by atoms with E-state index in [0.29, 0.717) is 5.92 Å². The van der Waals surface area contributed by atoms with Crippen LogP contribution in [0.25, 0.3) is 0 Å². The SMILES string of the molecule is CC(C)CC(N[C@@H](C)CO)c1ccccn1. The number of hydrogen-bond donors (Lipinski definition) is 2. The molecule has 3 nitrogen and oxygen atoms in total. The Morgan fingerprint density at radius 2 is 2.06 bits per heavy atom. The summed E-state index contributed by atoms with van der Waals surface area (Å²) in [5, 5.41) is 12.5. The summed E-state index contributed by atoms with van der Waals surface area (Å²) < 4.78 is 0. The second-order valence-corrected chi connectivity index (χ2v) is 4.69. The molecule has 1 aromatic heterocycles. The molecule has 16 heavy (non-hydrogen) atoms. The van der Waals surface area contributed by atoms with E-state index in [1.807, 2.05) is 31.3 Å². The maximum Gasteiger partial charge on any atom is 0.0582 e. The van der Waals surface area contributed by atoms with Crippen LogP contribution in [0, 0.1) is 5.92 Å². The van der Waals surface area contributed by atoms with Crippen molar-refractivity contribution in [1.82, 2.24) is 10.3 Å². The smallest absolute Gasteiger partial charge is 0.0582 e. The average Bonchev–Trinajstić information content (AvgIpc) is 2.28. The average molecular weight is 222 g/mol. The number of aliphatic hydroxyl groups excluding tert-OH is 1. The van der Waals surface area contributed by atoms with Gasteiger partial charge in [-0.3, -0.25) is 4.98 Å². The Labute approximate surface area is 97.9 Å². The zero-order valence-electron chi connectivity index (χ0n) is 10.4. The van der Waals surface area contributed by atoms with Gasteiger partial charge in [0.15, 0.2) is 0 Å². The summed E-state index contributed by atoms with van der Waals surface area (Å²) in [6, 6.07) is 6.28. The molecule has 0 radical (unpaired) electrons. The highest BCUT2D eigenvalue weighted by atomic mass is 16.3. The predicted octanol–water partition coefficient (Wildman–Crippen LogP) is 2.14. The molecule has 0 aromatic carbocycles. The highest BCUT2D eigenvalue weighted by Crippen LogP contribution is 2.19. The molecule has 1 unspecified atom stereocenters. The number of aliphatic hydroxyl groups is 1. The van der Waals surface area contributed by atoms with E-state index in [1.165, 1.54) is 0 Å². The number of pyridine rings is 1. The Balaban J connectivity index is 2.71. The lowest BCUT2D eigenvalue weighted by atomic mass is 10.00. The standard InChI is InChI=1S/C13H22N2O/c1-10(2)8-13(15-11(3)9-16)12-6-4-5-7-14-12/h4-7,10-11,13,15-16H,8-9H2,1-3H3/t11-,13?/m0/s1. The van der Waals surface area contributed by atoms with Gasteiger partial charge >= 0.3 is 0 Å². The van der Waals surface area contributed by atoms with E-state index in [-0.39, 0.29) is 18.7 Å². The van der Waals surface area contributed by atoms with Crippen molar-refractivity contribution in [3.63, 3.8) is 0 Å². The lowest BCUT2D eigenvalue weighted by Gasteiger charge is -2.23. The topological polar surface area (TPSA) is 45.1 Å². The summed E-state index contributed by atoms with van der Waals surface area (Å²) in [5.41, 5.74) is 1.05. The summed E-state index contributed by atoms with van der Waals surface area (Å²) in [4.78, 5) is 4.38. The third-order valence-electron chi connectivity index (χ3n) is 2.51. The van der Waals surface area contributed by atoms with Crippen molar-refractivity contribution in [2.45, 2.75) is 39.3 Å². The van der Waals surface area contributed by atoms with Crippen LogP contribution in [-0.4, -0.2) is 22.7 Å². The Morgan fingerprint density at radius 1 is 1.31 bits per heavy atom. The van der Waals surface area contributed by atoms with Crippen LogP contribution in [0.3, 0.4) is 0 Å². The molecule has 0 aliphatic carbocycles. The van der Waals surface area contributed by atoms with Crippen LogP contribution in [0.5, 0.6) is 0 Å². The zero-order valence-corrected chi connectivity index (χ0v) is 10.4. The van der Waals surface area contributed by atoms with E-state index in [1.54, 1.807) is 0 Å². The molecule has 0 fully saturated rings. The molecule has 0 saturated heterocycles. The molecule has 2 N–H and O–H groups in total. The monoisotopic (exact) mass is 222 g/mol. The minimum absolute atomic E-state index is 0.103. The minimum Gasteiger partial charge on any atom is -0.395 e. The van der Waals surface area contributed by atoms with Crippen LogP contribution in [-0.2, 0) is 0 Å². The summed E-state index contributed by atoms with van der Waals surface area (Å²) >= 11 is 0. The molecule has 1 aromatic rings. The van der Waals surface area contributed by atoms with Gasteiger partial charge in [0, 0.05) is 18.3 Å². The molecule has 3 heteroatoms. The van der Waals surface area contributed by atoms with Gasteiger partial charge in [0.1, 0.15) is 0 Å². The van der Waals surface area contributed by atoms with Gasteiger partial charge in [-0.25, -0.2) is 0 Å². The first-order valence-corrected chi connectivity index (χ1v) is 5.91. The van der Waals surface area contributed by atoms with E-state index in [4.69, 9.17) is 5.11 Å². The first kappa shape index (κ1) is 13.1. The molecule has 1 heterocycles. The van der Waals surface area contributed by atoms with Crippen molar-refractivity contribution >= 4 is 0 Å². The van der Waals surface area contributed by atoms with E-state index in [9.17, 15) is 0 Å². The van der Waals surface area contributed by atoms with Crippen LogP contribution in [0.15, 0.2) is 24.4 Å². The van der Waals surface area contributed by atoms with Crippen LogP contribution in [0.2, 0.25) is 0 Å². The predicted molar refractivity (Wildman–Crippen MR) is 66.1 cm³/mol. The number of rotatable bonds is 6. The highest BCUT2D eigenvalue weighted by Gasteiger charge is 2.16. The molecule has 0 amide bonds. The van der Waals surface area contributed by atoms with Gasteiger partial charge in [-0.1, -0.05) is 19.9 Å². The third kappa shape index (κ3) is 4.29.